The molecule has 7 nitrogen and oxygen atoms in total. The van der Waals surface area contributed by atoms with Crippen LogP contribution < -0.4 is 0 Å². The zero-order valence-electron chi connectivity index (χ0n) is 16.4. The molecule has 142 valence electrons. The smallest absolute Gasteiger partial charge is 0.145 e. The molecule has 3 heterocycles. The van der Waals surface area contributed by atoms with Crippen LogP contribution in [-0.2, 0) is 11.5 Å². The van der Waals surface area contributed by atoms with Gasteiger partial charge in [-0.2, -0.15) is 10.4 Å². The fraction of sp³-hybridized carbons (Fsp3) is 0.474. The van der Waals surface area contributed by atoms with Crippen LogP contribution in [0.1, 0.15) is 19.4 Å². The lowest BCUT2D eigenvalue weighted by molar-refractivity contribution is 0.0899. The van der Waals surface area contributed by atoms with Crippen molar-refractivity contribution in [3.63, 3.8) is 0 Å². The van der Waals surface area contributed by atoms with Gasteiger partial charge in [0.2, 0.25) is 0 Å². The molecular weight excluding hydrogens is 356 g/mol. The van der Waals surface area contributed by atoms with Crippen LogP contribution in [0.4, 0.5) is 0 Å². The Balaban J connectivity index is 1.81. The quantitative estimate of drug-likeness (QED) is 0.433. The first kappa shape index (κ1) is 19.3. The molecule has 0 N–H and O–H groups in total. The highest BCUT2D eigenvalue weighted by Crippen LogP contribution is 2.26. The van der Waals surface area contributed by atoms with Crippen LogP contribution in [0.3, 0.4) is 0 Å². The maximum absolute atomic E-state index is 9.24. The molecule has 0 aliphatic rings. The van der Waals surface area contributed by atoms with E-state index in [0.29, 0.717) is 13.2 Å². The van der Waals surface area contributed by atoms with Gasteiger partial charge in [0.15, 0.2) is 0 Å². The van der Waals surface area contributed by atoms with Crippen molar-refractivity contribution in [2.45, 2.75) is 51.8 Å². The van der Waals surface area contributed by atoms with E-state index in [-0.39, 0.29) is 6.04 Å². The topological polar surface area (TPSA) is 81.5 Å². The molecule has 0 aromatic carbocycles. The molecule has 8 heteroatoms. The van der Waals surface area contributed by atoms with Crippen molar-refractivity contribution in [3.8, 4) is 17.3 Å². The lowest BCUT2D eigenvalue weighted by Crippen LogP contribution is -2.22. The molecule has 0 bridgehead atoms. The normalized spacial score (nSPS) is 13.0. The van der Waals surface area contributed by atoms with E-state index in [4.69, 9.17) is 4.74 Å². The molecule has 3 aromatic rings. The summed E-state index contributed by atoms with van der Waals surface area (Å²) in [7, 11) is -1.09. The largest absolute Gasteiger partial charge is 0.361 e. The summed E-state index contributed by atoms with van der Waals surface area (Å²) in [6, 6.07) is 5.15. The Morgan fingerprint density at radius 2 is 2.11 bits per heavy atom. The number of nitriles is 1. The summed E-state index contributed by atoms with van der Waals surface area (Å²) in [6.45, 7) is 10.3. The highest BCUT2D eigenvalue weighted by molar-refractivity contribution is 6.76. The molecule has 0 saturated carbocycles. The first-order valence-corrected chi connectivity index (χ1v) is 13.0. The Morgan fingerprint density at radius 3 is 2.81 bits per heavy atom. The second-order valence-electron chi connectivity index (χ2n) is 7.86. The number of hydrogen-bond donors (Lipinski definition) is 0. The van der Waals surface area contributed by atoms with Crippen molar-refractivity contribution in [1.29, 1.82) is 5.26 Å². The van der Waals surface area contributed by atoms with Gasteiger partial charge in [-0.25, -0.2) is 9.97 Å². The van der Waals surface area contributed by atoms with Gasteiger partial charge in [-0.3, -0.25) is 4.68 Å². The molecular formula is C19H26N6OSi. The second-order valence-corrected chi connectivity index (χ2v) is 13.5. The van der Waals surface area contributed by atoms with Crippen LogP contribution >= 0.6 is 0 Å². The van der Waals surface area contributed by atoms with Crippen LogP contribution in [0.5, 0.6) is 0 Å². The maximum Gasteiger partial charge on any atom is 0.145 e. The summed E-state index contributed by atoms with van der Waals surface area (Å²) >= 11 is 0. The van der Waals surface area contributed by atoms with E-state index in [1.807, 2.05) is 30.0 Å². The molecule has 0 amide bonds. The number of aromatic nitrogens is 5. The molecule has 3 rings (SSSR count). The summed E-state index contributed by atoms with van der Waals surface area (Å²) < 4.78 is 9.55. The predicted octanol–water partition coefficient (Wildman–Crippen LogP) is 4.08. The van der Waals surface area contributed by atoms with Gasteiger partial charge in [0.05, 0.1) is 18.0 Å². The van der Waals surface area contributed by atoms with Gasteiger partial charge < -0.3 is 9.30 Å². The van der Waals surface area contributed by atoms with Crippen molar-refractivity contribution in [1.82, 2.24) is 24.3 Å². The average Bonchev–Trinajstić information content (AvgIpc) is 3.26. The monoisotopic (exact) mass is 382 g/mol. The zero-order chi connectivity index (χ0) is 19.4. The highest BCUT2D eigenvalue weighted by Gasteiger charge is 2.15. The van der Waals surface area contributed by atoms with Crippen LogP contribution in [0, 0.1) is 11.3 Å². The summed E-state index contributed by atoms with van der Waals surface area (Å²) in [6.07, 6.45) is 7.88. The minimum Gasteiger partial charge on any atom is -0.361 e. The van der Waals surface area contributed by atoms with Crippen molar-refractivity contribution >= 4 is 19.1 Å². The molecule has 0 saturated heterocycles. The van der Waals surface area contributed by atoms with E-state index >= 15 is 0 Å². The minimum atomic E-state index is -1.09. The van der Waals surface area contributed by atoms with Gasteiger partial charge >= 0.3 is 0 Å². The van der Waals surface area contributed by atoms with Crippen molar-refractivity contribution < 1.29 is 4.74 Å². The SMILES string of the molecule is CCC(C#N)n1cc(-c2ncnc3c2ccn3COCC[Si](C)(C)C)cn1. The first-order chi connectivity index (χ1) is 12.9. The molecule has 27 heavy (non-hydrogen) atoms. The summed E-state index contributed by atoms with van der Waals surface area (Å²) in [4.78, 5) is 8.88. The standard InChI is InChI=1S/C19H26N6OSi/c1-5-16(10-20)25-12-15(11-23-25)18-17-6-7-24(19(17)22-13-21-18)14-26-8-9-27(2,3)4/h6-7,11-13,16H,5,8-9,14H2,1-4H3. The third-order valence-corrected chi connectivity index (χ3v) is 6.22. The fourth-order valence-corrected chi connectivity index (χ4v) is 3.60. The summed E-state index contributed by atoms with van der Waals surface area (Å²) in [5.74, 6) is 0. The Bertz CT molecular complexity index is 949. The van der Waals surface area contributed by atoms with Gasteiger partial charge in [-0.1, -0.05) is 26.6 Å². The molecule has 3 aromatic heterocycles. The third kappa shape index (κ3) is 4.43. The number of hydrogen-bond acceptors (Lipinski definition) is 5. The first-order valence-electron chi connectivity index (χ1n) is 9.24. The van der Waals surface area contributed by atoms with Gasteiger partial charge in [-0.15, -0.1) is 0 Å². The minimum absolute atomic E-state index is 0.263. The van der Waals surface area contributed by atoms with Gasteiger partial charge in [0.1, 0.15) is 24.7 Å². The molecule has 1 unspecified atom stereocenters. The molecule has 0 fully saturated rings. The van der Waals surface area contributed by atoms with E-state index in [2.05, 4.69) is 40.8 Å². The second kappa shape index (κ2) is 8.02. The molecule has 0 aliphatic heterocycles. The highest BCUT2D eigenvalue weighted by atomic mass is 28.3. The summed E-state index contributed by atoms with van der Waals surface area (Å²) in [5, 5.41) is 14.5. The Hall–Kier alpha value is -2.50. The Kier molecular flexibility index (Phi) is 5.73. The Morgan fingerprint density at radius 1 is 1.30 bits per heavy atom. The maximum atomic E-state index is 9.24. The lowest BCUT2D eigenvalue weighted by Gasteiger charge is -2.15. The van der Waals surface area contributed by atoms with Gasteiger partial charge in [0.25, 0.3) is 0 Å². The van der Waals surface area contributed by atoms with E-state index < -0.39 is 8.07 Å². The molecule has 0 radical (unpaired) electrons. The number of nitrogens with zero attached hydrogens (tertiary/aromatic N) is 6. The number of ether oxygens (including phenoxy) is 1. The van der Waals surface area contributed by atoms with Crippen LogP contribution in [0.15, 0.2) is 31.0 Å². The molecule has 0 spiro atoms. The average molecular weight is 383 g/mol. The van der Waals surface area contributed by atoms with Gasteiger partial charge in [-0.05, 0) is 18.5 Å². The number of fused-ring (bicyclic) bond motifs is 1. The van der Waals surface area contributed by atoms with Gasteiger partial charge in [0, 0.05) is 38.0 Å². The van der Waals surface area contributed by atoms with E-state index in [1.54, 1.807) is 17.2 Å². The van der Waals surface area contributed by atoms with Crippen LogP contribution in [-0.4, -0.2) is 39.0 Å². The van der Waals surface area contributed by atoms with Crippen molar-refractivity contribution in [2.24, 2.45) is 0 Å². The van der Waals surface area contributed by atoms with Crippen LogP contribution in [0.25, 0.3) is 22.3 Å². The zero-order valence-corrected chi connectivity index (χ0v) is 17.4. The van der Waals surface area contributed by atoms with Crippen molar-refractivity contribution in [2.75, 3.05) is 6.61 Å². The molecule has 1 atom stereocenters. The van der Waals surface area contributed by atoms with Crippen LogP contribution in [0.2, 0.25) is 25.7 Å². The van der Waals surface area contributed by atoms with E-state index in [0.717, 1.165) is 34.9 Å². The molecule has 0 aliphatic carbocycles. The third-order valence-electron chi connectivity index (χ3n) is 4.51. The fourth-order valence-electron chi connectivity index (χ4n) is 2.85. The Labute approximate surface area is 160 Å². The number of rotatable bonds is 8. The van der Waals surface area contributed by atoms with E-state index in [9.17, 15) is 5.26 Å². The van der Waals surface area contributed by atoms with E-state index in [1.165, 1.54) is 0 Å². The summed E-state index contributed by atoms with van der Waals surface area (Å²) in [5.41, 5.74) is 2.54. The predicted molar refractivity (Wildman–Crippen MR) is 108 cm³/mol. The lowest BCUT2D eigenvalue weighted by atomic mass is 10.2. The van der Waals surface area contributed by atoms with Crippen molar-refractivity contribution in [3.05, 3.63) is 31.0 Å².